The molecule has 0 unspecified atom stereocenters. The summed E-state index contributed by atoms with van der Waals surface area (Å²) >= 11 is 0. The van der Waals surface area contributed by atoms with Crippen molar-refractivity contribution in [3.8, 4) is 11.5 Å². The maximum absolute atomic E-state index is 12.5. The van der Waals surface area contributed by atoms with E-state index in [0.717, 1.165) is 38.5 Å². The highest BCUT2D eigenvalue weighted by Gasteiger charge is 2.30. The fourth-order valence-electron chi connectivity index (χ4n) is 4.68. The van der Waals surface area contributed by atoms with Crippen molar-refractivity contribution in [3.05, 3.63) is 58.7 Å². The molecule has 0 heterocycles. The number of unbranched alkanes of at least 4 members (excludes halogenated alkanes) is 11. The average molecular weight is 555 g/mol. The normalized spacial score (nSPS) is 11.7. The van der Waals surface area contributed by atoms with Crippen molar-refractivity contribution in [1.82, 2.24) is 0 Å². The van der Waals surface area contributed by atoms with Crippen LogP contribution in [0.1, 0.15) is 122 Å². The molecule has 3 rings (SSSR count). The Hall–Kier alpha value is -3.68. The summed E-state index contributed by atoms with van der Waals surface area (Å²) in [5, 5.41) is 17.0. The summed E-state index contributed by atoms with van der Waals surface area (Å²) < 4.78 is 10.2. The number of carbonyl (C=O) groups excluding carboxylic acids is 2. The van der Waals surface area contributed by atoms with Crippen LogP contribution in [0.5, 0.6) is 11.5 Å². The predicted octanol–water partition coefficient (Wildman–Crippen LogP) is 7.10. The number of carbonyl (C=O) groups is 4. The number of carboxylic acids is 2. The van der Waals surface area contributed by atoms with Gasteiger partial charge in [0.2, 0.25) is 0 Å². The van der Waals surface area contributed by atoms with Gasteiger partial charge in [0.15, 0.2) is 11.6 Å². The zero-order chi connectivity index (χ0) is 29.3. The second-order valence-corrected chi connectivity index (χ2v) is 10.0. The lowest BCUT2D eigenvalue weighted by Crippen LogP contribution is -2.20. The lowest BCUT2D eigenvalue weighted by molar-refractivity contribution is -0.138. The van der Waals surface area contributed by atoms with Gasteiger partial charge < -0.3 is 19.7 Å². The Morgan fingerprint density at radius 1 is 0.525 bits per heavy atom. The zero-order valence-corrected chi connectivity index (χ0v) is 23.7. The third kappa shape index (κ3) is 10.8. The van der Waals surface area contributed by atoms with Crippen LogP contribution in [0.25, 0.3) is 0 Å². The summed E-state index contributed by atoms with van der Waals surface area (Å²) in [6.45, 7) is 0. The molecule has 0 aromatic heterocycles. The van der Waals surface area contributed by atoms with E-state index in [2.05, 4.69) is 0 Å². The number of fused-ring (bicyclic) bond motifs is 2. The van der Waals surface area contributed by atoms with Crippen molar-refractivity contribution in [2.45, 2.75) is 89.9 Å². The minimum atomic E-state index is -0.687. The summed E-state index contributed by atoms with van der Waals surface area (Å²) in [5.41, 5.74) is 1.56. The van der Waals surface area contributed by atoms with E-state index in [1.807, 2.05) is 0 Å². The Kier molecular flexibility index (Phi) is 14.5. The Balaban J connectivity index is 0.000000280. The predicted molar refractivity (Wildman–Crippen MR) is 153 cm³/mol. The van der Waals surface area contributed by atoms with E-state index in [-0.39, 0.29) is 11.6 Å². The number of hydrogen-bond donors (Lipinski definition) is 2. The number of carboxylic acid groups (broad SMARTS) is 2. The van der Waals surface area contributed by atoms with E-state index in [9.17, 15) is 19.2 Å². The molecule has 8 heteroatoms. The number of rotatable bonds is 17. The second kappa shape index (κ2) is 17.8. The molecule has 0 atom stereocenters. The molecule has 0 saturated heterocycles. The Labute approximate surface area is 236 Å². The van der Waals surface area contributed by atoms with Gasteiger partial charge in [-0.25, -0.2) is 0 Å². The number of methoxy groups -OCH3 is 2. The van der Waals surface area contributed by atoms with Gasteiger partial charge in [0, 0.05) is 35.1 Å². The van der Waals surface area contributed by atoms with Crippen LogP contribution in [0.15, 0.2) is 36.4 Å². The maximum Gasteiger partial charge on any atom is 0.303 e. The summed E-state index contributed by atoms with van der Waals surface area (Å²) in [5.74, 6) is -0.599. The molecule has 2 aromatic rings. The van der Waals surface area contributed by atoms with Gasteiger partial charge in [-0.2, -0.15) is 0 Å². The topological polar surface area (TPSA) is 127 Å². The van der Waals surface area contributed by atoms with Crippen molar-refractivity contribution in [2.24, 2.45) is 0 Å². The van der Waals surface area contributed by atoms with Crippen molar-refractivity contribution in [1.29, 1.82) is 0 Å². The van der Waals surface area contributed by atoms with Crippen LogP contribution in [0, 0.1) is 0 Å². The fraction of sp³-hybridized carbons (Fsp3) is 0.500. The maximum atomic E-state index is 12.5. The molecule has 0 amide bonds. The molecule has 2 N–H and O–H groups in total. The molecule has 40 heavy (non-hydrogen) atoms. The summed E-state index contributed by atoms with van der Waals surface area (Å²) in [4.78, 5) is 45.6. The Morgan fingerprint density at radius 3 is 1.10 bits per heavy atom. The van der Waals surface area contributed by atoms with Gasteiger partial charge in [-0.3, -0.25) is 19.2 Å². The average Bonchev–Trinajstić information content (AvgIpc) is 2.95. The molecule has 0 fully saturated rings. The van der Waals surface area contributed by atoms with Crippen LogP contribution in [0.3, 0.4) is 0 Å². The smallest absolute Gasteiger partial charge is 0.303 e. The summed E-state index contributed by atoms with van der Waals surface area (Å²) in [7, 11) is 3.05. The van der Waals surface area contributed by atoms with Crippen molar-refractivity contribution >= 4 is 23.5 Å². The first kappa shape index (κ1) is 32.5. The van der Waals surface area contributed by atoms with Gasteiger partial charge in [-0.1, -0.05) is 64.2 Å². The minimum absolute atomic E-state index is 0.170. The summed E-state index contributed by atoms with van der Waals surface area (Å²) in [6.07, 6.45) is 14.1. The fourth-order valence-corrected chi connectivity index (χ4v) is 4.68. The quantitative estimate of drug-likeness (QED) is 0.169. The van der Waals surface area contributed by atoms with Crippen LogP contribution < -0.4 is 9.47 Å². The molecular weight excluding hydrogens is 512 g/mol. The highest BCUT2D eigenvalue weighted by atomic mass is 16.5. The number of aliphatic carboxylic acids is 2. The standard InChI is InChI=1S/C16H12O4.C16H30O4/c1-19-9-3-5-11-13(7-9)15(17)12-6-4-10(20-2)8-14(12)16(11)18;17-15(18)13-11-9-7-5-3-1-2-4-6-8-10-12-14-16(19)20/h3-8H,1-2H3;1-14H2,(H,17,18)(H,19,20). The van der Waals surface area contributed by atoms with E-state index in [4.69, 9.17) is 19.7 Å². The Morgan fingerprint density at radius 2 is 0.825 bits per heavy atom. The molecule has 1 aliphatic carbocycles. The first-order valence-corrected chi connectivity index (χ1v) is 14.2. The molecule has 0 aliphatic heterocycles. The van der Waals surface area contributed by atoms with Gasteiger partial charge in [0.05, 0.1) is 14.2 Å². The molecule has 0 radical (unpaired) electrons. The zero-order valence-electron chi connectivity index (χ0n) is 23.7. The number of hydrogen-bond acceptors (Lipinski definition) is 6. The number of ketones is 2. The van der Waals surface area contributed by atoms with Gasteiger partial charge in [0.1, 0.15) is 11.5 Å². The third-order valence-electron chi connectivity index (χ3n) is 6.96. The molecule has 0 bridgehead atoms. The van der Waals surface area contributed by atoms with Gasteiger partial charge in [-0.05, 0) is 49.2 Å². The van der Waals surface area contributed by atoms with Crippen molar-refractivity contribution < 1.29 is 38.9 Å². The van der Waals surface area contributed by atoms with E-state index >= 15 is 0 Å². The largest absolute Gasteiger partial charge is 0.497 e. The molecule has 8 nitrogen and oxygen atoms in total. The van der Waals surface area contributed by atoms with E-state index < -0.39 is 11.9 Å². The number of benzene rings is 2. The van der Waals surface area contributed by atoms with E-state index in [0.29, 0.717) is 46.6 Å². The summed E-state index contributed by atoms with van der Waals surface area (Å²) in [6, 6.07) is 9.80. The monoisotopic (exact) mass is 554 g/mol. The first-order chi connectivity index (χ1) is 19.3. The highest BCUT2D eigenvalue weighted by molar-refractivity contribution is 6.28. The van der Waals surface area contributed by atoms with Crippen LogP contribution in [0.4, 0.5) is 0 Å². The highest BCUT2D eigenvalue weighted by Crippen LogP contribution is 2.31. The molecule has 0 spiro atoms. The lowest BCUT2D eigenvalue weighted by atomic mass is 9.84. The number of ether oxygens (including phenoxy) is 2. The van der Waals surface area contributed by atoms with Crippen LogP contribution in [-0.2, 0) is 9.59 Å². The Bertz CT molecular complexity index is 1050. The molecular formula is C32H42O8. The van der Waals surface area contributed by atoms with Crippen molar-refractivity contribution in [2.75, 3.05) is 14.2 Å². The molecule has 1 aliphatic rings. The van der Waals surface area contributed by atoms with Crippen LogP contribution in [-0.4, -0.2) is 47.9 Å². The lowest BCUT2D eigenvalue weighted by Gasteiger charge is -2.18. The first-order valence-electron chi connectivity index (χ1n) is 14.2. The third-order valence-corrected chi connectivity index (χ3v) is 6.96. The van der Waals surface area contributed by atoms with E-state index in [1.54, 1.807) is 36.4 Å². The van der Waals surface area contributed by atoms with Gasteiger partial charge in [0.25, 0.3) is 0 Å². The van der Waals surface area contributed by atoms with Crippen LogP contribution in [0.2, 0.25) is 0 Å². The SMILES string of the molecule is COc1ccc2c(c1)C(=O)c1ccc(OC)cc1C2=O.O=C(O)CCCCCCCCCCCCCCC(=O)O. The van der Waals surface area contributed by atoms with Gasteiger partial charge in [-0.15, -0.1) is 0 Å². The van der Waals surface area contributed by atoms with Crippen LogP contribution >= 0.6 is 0 Å². The molecule has 2 aromatic carbocycles. The minimum Gasteiger partial charge on any atom is -0.497 e. The van der Waals surface area contributed by atoms with E-state index in [1.165, 1.54) is 52.7 Å². The molecule has 0 saturated carbocycles. The van der Waals surface area contributed by atoms with Gasteiger partial charge >= 0.3 is 11.9 Å². The second-order valence-electron chi connectivity index (χ2n) is 10.0. The molecule has 218 valence electrons. The van der Waals surface area contributed by atoms with Crippen molar-refractivity contribution in [3.63, 3.8) is 0 Å².